The van der Waals surface area contributed by atoms with Crippen LogP contribution in [0.2, 0.25) is 0 Å². The van der Waals surface area contributed by atoms with Gasteiger partial charge in [-0.15, -0.1) is 12.4 Å². The van der Waals surface area contributed by atoms with Crippen LogP contribution in [0.15, 0.2) is 53.7 Å². The summed E-state index contributed by atoms with van der Waals surface area (Å²) in [5.41, 5.74) is 2.85. The normalized spacial score (nSPS) is 20.0. The summed E-state index contributed by atoms with van der Waals surface area (Å²) >= 11 is 0. The molecule has 7 heteroatoms. The molecule has 0 aliphatic carbocycles. The first-order chi connectivity index (χ1) is 12.7. The number of oxime groups is 1. The van der Waals surface area contributed by atoms with Crippen molar-refractivity contribution in [3.8, 4) is 0 Å². The zero-order valence-corrected chi connectivity index (χ0v) is 15.7. The van der Waals surface area contributed by atoms with Crippen molar-refractivity contribution < 1.29 is 13.6 Å². The lowest BCUT2D eigenvalue weighted by atomic mass is 10.0. The maximum absolute atomic E-state index is 13.0. The molecule has 0 N–H and O–H groups in total. The van der Waals surface area contributed by atoms with E-state index in [4.69, 9.17) is 4.84 Å². The van der Waals surface area contributed by atoms with E-state index in [-0.39, 0.29) is 30.1 Å². The largest absolute Gasteiger partial charge is 0.390 e. The summed E-state index contributed by atoms with van der Waals surface area (Å²) < 4.78 is 26.1. The van der Waals surface area contributed by atoms with E-state index in [2.05, 4.69) is 15.0 Å². The smallest absolute Gasteiger partial charge is 0.145 e. The monoisotopic (exact) mass is 393 g/mol. The van der Waals surface area contributed by atoms with E-state index >= 15 is 0 Å². The summed E-state index contributed by atoms with van der Waals surface area (Å²) in [4.78, 5) is 10.2. The zero-order valence-electron chi connectivity index (χ0n) is 14.9. The minimum Gasteiger partial charge on any atom is -0.390 e. The molecule has 4 rings (SSSR count). The standard InChI is InChI=1S/C20H21F2N3O.ClH/c21-16-3-1-15(2-4-16)20-13-19(26-23-20)14-24-9-11-25(12-10-24)18-7-5-17(22)6-8-18;/h1-8,19H,9-14H2;1H. The van der Waals surface area contributed by atoms with Crippen LogP contribution in [0.4, 0.5) is 14.5 Å². The number of nitrogens with zero attached hydrogens (tertiary/aromatic N) is 3. The van der Waals surface area contributed by atoms with Gasteiger partial charge in [0.05, 0.1) is 5.71 Å². The molecule has 1 atom stereocenters. The molecule has 0 spiro atoms. The van der Waals surface area contributed by atoms with Crippen LogP contribution in [-0.4, -0.2) is 49.4 Å². The first-order valence-corrected chi connectivity index (χ1v) is 8.89. The molecule has 2 aliphatic heterocycles. The molecule has 0 radical (unpaired) electrons. The SMILES string of the molecule is Cl.Fc1ccc(C2=NOC(CN3CCN(c4ccc(F)cc4)CC3)C2)cc1. The summed E-state index contributed by atoms with van der Waals surface area (Å²) in [6.45, 7) is 4.51. The number of halogens is 3. The molecular weight excluding hydrogens is 372 g/mol. The van der Waals surface area contributed by atoms with Gasteiger partial charge >= 0.3 is 0 Å². The Kier molecular flexibility index (Phi) is 6.29. The number of hydrogen-bond donors (Lipinski definition) is 0. The Morgan fingerprint density at radius 1 is 0.889 bits per heavy atom. The van der Waals surface area contributed by atoms with Crippen LogP contribution < -0.4 is 4.90 Å². The Hall–Kier alpha value is -2.18. The van der Waals surface area contributed by atoms with Gasteiger partial charge in [0, 0.05) is 44.8 Å². The first kappa shape index (κ1) is 19.6. The number of benzene rings is 2. The third-order valence-corrected chi connectivity index (χ3v) is 4.94. The van der Waals surface area contributed by atoms with E-state index in [9.17, 15) is 8.78 Å². The number of anilines is 1. The number of hydrogen-bond acceptors (Lipinski definition) is 4. The van der Waals surface area contributed by atoms with Gasteiger partial charge in [-0.05, 0) is 42.0 Å². The molecule has 27 heavy (non-hydrogen) atoms. The molecule has 0 aromatic heterocycles. The van der Waals surface area contributed by atoms with Gasteiger partial charge in [-0.3, -0.25) is 4.90 Å². The van der Waals surface area contributed by atoms with Crippen molar-refractivity contribution in [2.45, 2.75) is 12.5 Å². The zero-order chi connectivity index (χ0) is 17.9. The van der Waals surface area contributed by atoms with E-state index in [1.54, 1.807) is 12.1 Å². The fraction of sp³-hybridized carbons (Fsp3) is 0.350. The molecule has 1 unspecified atom stereocenters. The van der Waals surface area contributed by atoms with E-state index in [1.807, 2.05) is 12.1 Å². The second-order valence-electron chi connectivity index (χ2n) is 6.74. The minimum atomic E-state index is -0.246. The minimum absolute atomic E-state index is 0. The molecule has 4 nitrogen and oxygen atoms in total. The summed E-state index contributed by atoms with van der Waals surface area (Å²) in [5, 5.41) is 4.17. The van der Waals surface area contributed by atoms with Gasteiger partial charge in [0.2, 0.25) is 0 Å². The van der Waals surface area contributed by atoms with Crippen molar-refractivity contribution in [2.75, 3.05) is 37.6 Å². The van der Waals surface area contributed by atoms with Crippen molar-refractivity contribution in [3.05, 3.63) is 65.7 Å². The maximum atomic E-state index is 13.0. The lowest BCUT2D eigenvalue weighted by Gasteiger charge is -2.36. The second kappa shape index (κ2) is 8.67. The highest BCUT2D eigenvalue weighted by Crippen LogP contribution is 2.20. The van der Waals surface area contributed by atoms with E-state index in [0.717, 1.165) is 56.1 Å². The lowest BCUT2D eigenvalue weighted by molar-refractivity contribution is 0.0510. The summed E-state index contributed by atoms with van der Waals surface area (Å²) in [6, 6.07) is 13.0. The molecule has 2 aromatic carbocycles. The third kappa shape index (κ3) is 4.76. The molecule has 0 bridgehead atoms. The fourth-order valence-electron chi connectivity index (χ4n) is 3.47. The van der Waals surface area contributed by atoms with E-state index in [0.29, 0.717) is 0 Å². The number of rotatable bonds is 4. The van der Waals surface area contributed by atoms with Crippen LogP contribution in [0.5, 0.6) is 0 Å². The van der Waals surface area contributed by atoms with E-state index in [1.165, 1.54) is 24.3 Å². The molecule has 2 aromatic rings. The topological polar surface area (TPSA) is 28.1 Å². The lowest BCUT2D eigenvalue weighted by Crippen LogP contribution is -2.48. The first-order valence-electron chi connectivity index (χ1n) is 8.89. The summed E-state index contributed by atoms with van der Waals surface area (Å²) in [5.74, 6) is -0.452. The Morgan fingerprint density at radius 3 is 2.11 bits per heavy atom. The highest BCUT2D eigenvalue weighted by molar-refractivity contribution is 6.01. The summed E-state index contributed by atoms with van der Waals surface area (Å²) in [6.07, 6.45) is 0.775. The third-order valence-electron chi connectivity index (χ3n) is 4.94. The van der Waals surface area contributed by atoms with Gasteiger partial charge in [-0.25, -0.2) is 8.78 Å². The molecule has 2 aliphatic rings. The Bertz CT molecular complexity index is 775. The number of piperazine rings is 1. The second-order valence-corrected chi connectivity index (χ2v) is 6.74. The van der Waals surface area contributed by atoms with Gasteiger partial charge in [0.15, 0.2) is 0 Å². The average Bonchev–Trinajstić information content (AvgIpc) is 3.12. The van der Waals surface area contributed by atoms with Crippen molar-refractivity contribution >= 4 is 23.8 Å². The van der Waals surface area contributed by atoms with Crippen molar-refractivity contribution in [1.82, 2.24) is 4.90 Å². The van der Waals surface area contributed by atoms with Gasteiger partial charge < -0.3 is 9.74 Å². The molecule has 2 heterocycles. The van der Waals surface area contributed by atoms with Crippen molar-refractivity contribution in [3.63, 3.8) is 0 Å². The van der Waals surface area contributed by atoms with Crippen LogP contribution >= 0.6 is 12.4 Å². The van der Waals surface area contributed by atoms with Crippen LogP contribution in [0.3, 0.4) is 0 Å². The Morgan fingerprint density at radius 2 is 1.48 bits per heavy atom. The highest BCUT2D eigenvalue weighted by Gasteiger charge is 2.26. The quantitative estimate of drug-likeness (QED) is 0.792. The van der Waals surface area contributed by atoms with Crippen LogP contribution in [0.25, 0.3) is 0 Å². The highest BCUT2D eigenvalue weighted by atomic mass is 35.5. The Balaban J connectivity index is 0.00000210. The van der Waals surface area contributed by atoms with Gasteiger partial charge in [-0.1, -0.05) is 17.3 Å². The predicted octanol–water partition coefficient (Wildman–Crippen LogP) is 3.70. The average molecular weight is 394 g/mol. The molecule has 144 valence electrons. The fourth-order valence-corrected chi connectivity index (χ4v) is 3.47. The molecule has 1 saturated heterocycles. The van der Waals surface area contributed by atoms with Crippen LogP contribution in [0, 0.1) is 11.6 Å². The van der Waals surface area contributed by atoms with Gasteiger partial charge in [0.1, 0.15) is 17.7 Å². The molecular formula is C20H22ClF2N3O. The Labute approximate surface area is 163 Å². The van der Waals surface area contributed by atoms with Gasteiger partial charge in [-0.2, -0.15) is 0 Å². The molecule has 0 amide bonds. The van der Waals surface area contributed by atoms with Crippen molar-refractivity contribution in [2.24, 2.45) is 5.16 Å². The van der Waals surface area contributed by atoms with E-state index < -0.39 is 0 Å². The van der Waals surface area contributed by atoms with Crippen molar-refractivity contribution in [1.29, 1.82) is 0 Å². The molecule has 1 fully saturated rings. The maximum Gasteiger partial charge on any atom is 0.145 e. The predicted molar refractivity (Wildman–Crippen MR) is 105 cm³/mol. The van der Waals surface area contributed by atoms with Gasteiger partial charge in [0.25, 0.3) is 0 Å². The van der Waals surface area contributed by atoms with Crippen LogP contribution in [0.1, 0.15) is 12.0 Å². The summed E-state index contributed by atoms with van der Waals surface area (Å²) in [7, 11) is 0. The van der Waals surface area contributed by atoms with Crippen LogP contribution in [-0.2, 0) is 4.84 Å². The molecule has 0 saturated carbocycles.